The molecule has 7 heteroatoms. The van der Waals surface area contributed by atoms with E-state index in [4.69, 9.17) is 14.2 Å². The zero-order chi connectivity index (χ0) is 22.1. The first-order chi connectivity index (χ1) is 14.3. The zero-order valence-corrected chi connectivity index (χ0v) is 18.6. The van der Waals surface area contributed by atoms with Crippen LogP contribution in [0.4, 0.5) is 4.39 Å². The molecule has 0 bridgehead atoms. The van der Waals surface area contributed by atoms with Crippen molar-refractivity contribution in [2.75, 3.05) is 34.4 Å². The largest absolute Gasteiger partial charge is 0.493 e. The molecule has 2 rings (SSSR count). The predicted octanol–water partition coefficient (Wildman–Crippen LogP) is 3.88. The average molecular weight is 418 g/mol. The summed E-state index contributed by atoms with van der Waals surface area (Å²) in [6.45, 7) is 8.04. The van der Waals surface area contributed by atoms with Crippen molar-refractivity contribution >= 4 is 5.96 Å². The van der Waals surface area contributed by atoms with E-state index in [0.29, 0.717) is 36.3 Å². The van der Waals surface area contributed by atoms with Gasteiger partial charge in [-0.05, 0) is 42.3 Å². The molecule has 0 fully saturated rings. The molecule has 6 nitrogen and oxygen atoms in total. The summed E-state index contributed by atoms with van der Waals surface area (Å²) in [7, 11) is 4.76. The molecule has 0 amide bonds. The molecule has 0 aliphatic heterocycles. The van der Waals surface area contributed by atoms with E-state index >= 15 is 0 Å². The van der Waals surface area contributed by atoms with Crippen molar-refractivity contribution in [2.24, 2.45) is 4.99 Å². The van der Waals surface area contributed by atoms with Gasteiger partial charge in [0, 0.05) is 18.5 Å². The molecule has 2 aromatic carbocycles. The molecule has 0 saturated heterocycles. The summed E-state index contributed by atoms with van der Waals surface area (Å²) in [5.74, 6) is 2.21. The summed E-state index contributed by atoms with van der Waals surface area (Å²) < 4.78 is 29.4. The Morgan fingerprint density at radius 1 is 0.967 bits per heavy atom. The van der Waals surface area contributed by atoms with Gasteiger partial charge in [-0.25, -0.2) is 9.38 Å². The van der Waals surface area contributed by atoms with Crippen molar-refractivity contribution in [2.45, 2.75) is 32.7 Å². The lowest BCUT2D eigenvalue weighted by molar-refractivity contribution is 0.324. The van der Waals surface area contributed by atoms with Gasteiger partial charge < -0.3 is 24.8 Å². The van der Waals surface area contributed by atoms with Gasteiger partial charge in [0.05, 0.1) is 27.9 Å². The maximum absolute atomic E-state index is 13.2. The highest BCUT2D eigenvalue weighted by molar-refractivity contribution is 5.79. The van der Waals surface area contributed by atoms with E-state index in [1.165, 1.54) is 12.1 Å². The Bertz CT molecular complexity index is 826. The SMILES string of the molecule is CCNC(=NCc1cc(OC)c(OC)c(OC)c1)NCC(C)(C)c1ccc(F)cc1. The van der Waals surface area contributed by atoms with E-state index < -0.39 is 0 Å². The Morgan fingerprint density at radius 3 is 2.07 bits per heavy atom. The van der Waals surface area contributed by atoms with Crippen molar-refractivity contribution in [3.8, 4) is 17.2 Å². The maximum atomic E-state index is 13.2. The van der Waals surface area contributed by atoms with E-state index in [1.807, 2.05) is 31.2 Å². The number of hydrogen-bond donors (Lipinski definition) is 2. The van der Waals surface area contributed by atoms with Crippen LogP contribution in [-0.4, -0.2) is 40.4 Å². The second-order valence-corrected chi connectivity index (χ2v) is 7.47. The first-order valence-corrected chi connectivity index (χ1v) is 9.91. The summed E-state index contributed by atoms with van der Waals surface area (Å²) in [5, 5.41) is 6.64. The van der Waals surface area contributed by atoms with Gasteiger partial charge >= 0.3 is 0 Å². The summed E-state index contributed by atoms with van der Waals surface area (Å²) >= 11 is 0. The van der Waals surface area contributed by atoms with Gasteiger partial charge in [-0.2, -0.15) is 0 Å². The predicted molar refractivity (Wildman–Crippen MR) is 118 cm³/mol. The van der Waals surface area contributed by atoms with E-state index in [0.717, 1.165) is 17.7 Å². The average Bonchev–Trinajstić information content (AvgIpc) is 2.75. The molecule has 0 aromatic heterocycles. The molecule has 0 atom stereocenters. The monoisotopic (exact) mass is 417 g/mol. The van der Waals surface area contributed by atoms with Gasteiger partial charge in [0.25, 0.3) is 0 Å². The molecule has 0 aliphatic carbocycles. The summed E-state index contributed by atoms with van der Waals surface area (Å²) in [6.07, 6.45) is 0. The highest BCUT2D eigenvalue weighted by Gasteiger charge is 2.21. The lowest BCUT2D eigenvalue weighted by Crippen LogP contribution is -2.43. The van der Waals surface area contributed by atoms with E-state index in [2.05, 4.69) is 29.5 Å². The number of benzene rings is 2. The topological polar surface area (TPSA) is 64.1 Å². The van der Waals surface area contributed by atoms with Gasteiger partial charge in [0.2, 0.25) is 5.75 Å². The third kappa shape index (κ3) is 6.02. The number of hydrogen-bond acceptors (Lipinski definition) is 4. The van der Waals surface area contributed by atoms with Crippen LogP contribution >= 0.6 is 0 Å². The maximum Gasteiger partial charge on any atom is 0.203 e. The van der Waals surface area contributed by atoms with Gasteiger partial charge in [-0.3, -0.25) is 0 Å². The van der Waals surface area contributed by atoms with Crippen molar-refractivity contribution in [1.82, 2.24) is 10.6 Å². The molecule has 0 saturated carbocycles. The van der Waals surface area contributed by atoms with Gasteiger partial charge in [0.15, 0.2) is 17.5 Å². The lowest BCUT2D eigenvalue weighted by atomic mass is 9.84. The van der Waals surface area contributed by atoms with Crippen LogP contribution in [-0.2, 0) is 12.0 Å². The number of nitrogens with zero attached hydrogens (tertiary/aromatic N) is 1. The summed E-state index contributed by atoms with van der Waals surface area (Å²) in [6, 6.07) is 10.4. The fourth-order valence-electron chi connectivity index (χ4n) is 3.05. The molecule has 0 heterocycles. The minimum absolute atomic E-state index is 0.198. The summed E-state index contributed by atoms with van der Waals surface area (Å²) in [5.41, 5.74) is 1.78. The molecule has 2 aromatic rings. The third-order valence-electron chi connectivity index (χ3n) is 4.81. The molecule has 0 aliphatic rings. The highest BCUT2D eigenvalue weighted by atomic mass is 19.1. The molecule has 0 unspecified atom stereocenters. The number of methoxy groups -OCH3 is 3. The van der Waals surface area contributed by atoms with Crippen molar-refractivity contribution in [1.29, 1.82) is 0 Å². The first kappa shape index (κ1) is 23.3. The second kappa shape index (κ2) is 10.7. The lowest BCUT2D eigenvalue weighted by Gasteiger charge is -2.27. The normalized spacial score (nSPS) is 11.8. The van der Waals surface area contributed by atoms with Crippen molar-refractivity contribution < 1.29 is 18.6 Å². The number of ether oxygens (including phenoxy) is 3. The van der Waals surface area contributed by atoms with E-state index in [9.17, 15) is 4.39 Å². The van der Waals surface area contributed by atoms with E-state index in [1.54, 1.807) is 21.3 Å². The van der Waals surface area contributed by atoms with Gasteiger partial charge in [-0.1, -0.05) is 26.0 Å². The summed E-state index contributed by atoms with van der Waals surface area (Å²) in [4.78, 5) is 4.68. The number of halogens is 1. The molecule has 2 N–H and O–H groups in total. The minimum atomic E-state index is -0.234. The molecular weight excluding hydrogens is 385 g/mol. The minimum Gasteiger partial charge on any atom is -0.493 e. The molecule has 164 valence electrons. The smallest absolute Gasteiger partial charge is 0.203 e. The standard InChI is InChI=1S/C23H32FN3O3/c1-7-25-22(27-15-23(2,3)17-8-10-18(24)11-9-17)26-14-16-12-19(28-4)21(30-6)20(13-16)29-5/h8-13H,7,14-15H2,1-6H3,(H2,25,26,27). The molecule has 0 radical (unpaired) electrons. The van der Waals surface area contributed by atoms with Crippen LogP contribution in [0, 0.1) is 5.82 Å². The first-order valence-electron chi connectivity index (χ1n) is 9.91. The zero-order valence-electron chi connectivity index (χ0n) is 18.6. The Morgan fingerprint density at radius 2 is 1.57 bits per heavy atom. The van der Waals surface area contributed by atoms with Crippen LogP contribution in [0.15, 0.2) is 41.4 Å². The molecule has 0 spiro atoms. The molecular formula is C23H32FN3O3. The van der Waals surface area contributed by atoms with E-state index in [-0.39, 0.29) is 11.2 Å². The van der Waals surface area contributed by atoms with Crippen molar-refractivity contribution in [3.63, 3.8) is 0 Å². The highest BCUT2D eigenvalue weighted by Crippen LogP contribution is 2.38. The van der Waals surface area contributed by atoms with Gasteiger partial charge in [-0.15, -0.1) is 0 Å². The number of aliphatic imine (C=N–C) groups is 1. The quantitative estimate of drug-likeness (QED) is 0.479. The number of rotatable bonds is 9. The van der Waals surface area contributed by atoms with Crippen LogP contribution in [0.1, 0.15) is 31.9 Å². The van der Waals surface area contributed by atoms with Crippen LogP contribution in [0.3, 0.4) is 0 Å². The number of nitrogens with one attached hydrogen (secondary N) is 2. The number of guanidine groups is 1. The Labute approximate surface area is 178 Å². The Balaban J connectivity index is 2.15. The molecule has 30 heavy (non-hydrogen) atoms. The van der Waals surface area contributed by atoms with Gasteiger partial charge in [0.1, 0.15) is 5.82 Å². The Hall–Kier alpha value is -2.96. The van der Waals surface area contributed by atoms with Crippen LogP contribution < -0.4 is 24.8 Å². The Kier molecular flexibility index (Phi) is 8.33. The van der Waals surface area contributed by atoms with Crippen LogP contribution in [0.2, 0.25) is 0 Å². The third-order valence-corrected chi connectivity index (χ3v) is 4.81. The fourth-order valence-corrected chi connectivity index (χ4v) is 3.05. The van der Waals surface area contributed by atoms with Crippen LogP contribution in [0.25, 0.3) is 0 Å². The fraction of sp³-hybridized carbons (Fsp3) is 0.435. The second-order valence-electron chi connectivity index (χ2n) is 7.47. The van der Waals surface area contributed by atoms with Crippen molar-refractivity contribution in [3.05, 3.63) is 53.3 Å². The van der Waals surface area contributed by atoms with Crippen LogP contribution in [0.5, 0.6) is 17.2 Å².